The number of hydrogen-bond acceptors (Lipinski definition) is 13. The van der Waals surface area contributed by atoms with E-state index in [4.69, 9.17) is 18.9 Å². The number of aliphatic hydroxyl groups excluding tert-OH is 8. The summed E-state index contributed by atoms with van der Waals surface area (Å²) in [6.07, 6.45) is 73.6. The van der Waals surface area contributed by atoms with Gasteiger partial charge >= 0.3 is 0 Å². The minimum absolute atomic E-state index is 0.246. The van der Waals surface area contributed by atoms with Crippen LogP contribution in [-0.2, 0) is 23.7 Å². The number of carbonyl (C=O) groups excluding carboxylic acids is 1. The van der Waals surface area contributed by atoms with Gasteiger partial charge in [-0.15, -0.1) is 0 Å². The molecule has 97 heavy (non-hydrogen) atoms. The number of aliphatic hydroxyl groups is 8. The summed E-state index contributed by atoms with van der Waals surface area (Å²) < 4.78 is 22.9. The van der Waals surface area contributed by atoms with Crippen molar-refractivity contribution in [2.24, 2.45) is 0 Å². The molecule has 570 valence electrons. The van der Waals surface area contributed by atoms with Crippen LogP contribution in [0.5, 0.6) is 0 Å². The molecule has 2 rings (SSSR count). The van der Waals surface area contributed by atoms with Crippen molar-refractivity contribution in [3.05, 3.63) is 48.6 Å². The lowest BCUT2D eigenvalue weighted by molar-refractivity contribution is -0.359. The summed E-state index contributed by atoms with van der Waals surface area (Å²) >= 11 is 0. The molecule has 2 aliphatic rings. The molecule has 2 heterocycles. The molecule has 0 spiro atoms. The Morgan fingerprint density at radius 3 is 1.01 bits per heavy atom. The van der Waals surface area contributed by atoms with Crippen LogP contribution in [0.2, 0.25) is 0 Å². The highest BCUT2D eigenvalue weighted by atomic mass is 16.7. The lowest BCUT2D eigenvalue weighted by Gasteiger charge is -2.46. The molecule has 0 saturated carbocycles. The monoisotopic (exact) mass is 1370 g/mol. The van der Waals surface area contributed by atoms with Gasteiger partial charge in [0, 0.05) is 6.42 Å². The summed E-state index contributed by atoms with van der Waals surface area (Å²) in [6, 6.07) is -0.940. The Kier molecular flexibility index (Phi) is 63.0. The quantitative estimate of drug-likeness (QED) is 0.0204. The van der Waals surface area contributed by atoms with Crippen molar-refractivity contribution in [1.29, 1.82) is 0 Å². The highest BCUT2D eigenvalue weighted by molar-refractivity contribution is 5.76. The third kappa shape index (κ3) is 50.1. The van der Waals surface area contributed by atoms with Crippen LogP contribution in [0.3, 0.4) is 0 Å². The van der Waals surface area contributed by atoms with E-state index in [1.54, 1.807) is 6.08 Å². The summed E-state index contributed by atoms with van der Waals surface area (Å²) in [6.45, 7) is 2.84. The zero-order chi connectivity index (χ0) is 70.1. The molecule has 0 radical (unpaired) electrons. The maximum Gasteiger partial charge on any atom is 0.220 e. The first kappa shape index (κ1) is 91.0. The third-order valence-electron chi connectivity index (χ3n) is 20.2. The summed E-state index contributed by atoms with van der Waals surface area (Å²) in [5.41, 5.74) is 0. The molecule has 0 aromatic carbocycles. The molecule has 2 saturated heterocycles. The fraction of sp³-hybridized carbons (Fsp3) is 0.892. The summed E-state index contributed by atoms with van der Waals surface area (Å²) in [5.74, 6) is -0.246. The van der Waals surface area contributed by atoms with E-state index < -0.39 is 86.8 Å². The third-order valence-corrected chi connectivity index (χ3v) is 20.2. The predicted octanol–water partition coefficient (Wildman–Crippen LogP) is 19.0. The van der Waals surface area contributed by atoms with Crippen molar-refractivity contribution in [2.45, 2.75) is 453 Å². The van der Waals surface area contributed by atoms with Crippen molar-refractivity contribution < 1.29 is 64.6 Å². The van der Waals surface area contributed by atoms with Crippen LogP contribution in [-0.4, -0.2) is 140 Å². The topological polar surface area (TPSA) is 228 Å². The Morgan fingerprint density at radius 2 is 0.660 bits per heavy atom. The molecule has 2 aliphatic heterocycles. The van der Waals surface area contributed by atoms with Crippen LogP contribution in [0, 0.1) is 0 Å². The molecule has 0 aromatic rings. The van der Waals surface area contributed by atoms with Gasteiger partial charge in [0.15, 0.2) is 12.6 Å². The number of allylic oxidation sites excluding steroid dienone is 7. The standard InChI is InChI=1S/C83H155NO13/c1-3-5-7-9-11-13-15-17-19-21-23-25-27-29-31-33-35-37-38-40-42-44-46-48-50-52-54-56-58-60-62-64-66-72(87)71(70-94-82-80(93)78(91)81(74(69-86)96-82)97-83-79(92)77(90)76(89)73(68-85)95-83)84-75(88)67-65-63-61-59-57-55-53-51-49-47-45-43-41-39-36-34-32-30-28-26-24-22-20-18-16-14-12-10-8-6-4-2/h22,24,48,50,56,58,64,66,71-74,76-83,85-87,89-93H,3-21,23,25-47,49,51-55,57,59-63,65,67-70H2,1-2H3,(H,84,88)/b24-22-,50-48+,58-56+,66-64+. The van der Waals surface area contributed by atoms with E-state index in [-0.39, 0.29) is 18.9 Å². The molecular weight excluding hydrogens is 1220 g/mol. The summed E-state index contributed by atoms with van der Waals surface area (Å²) in [5, 5.41) is 87.7. The number of ether oxygens (including phenoxy) is 4. The second kappa shape index (κ2) is 67.1. The lowest BCUT2D eigenvalue weighted by Crippen LogP contribution is -2.65. The minimum atomic E-state index is -1.79. The van der Waals surface area contributed by atoms with E-state index in [0.29, 0.717) is 12.8 Å². The average Bonchev–Trinajstić information content (AvgIpc) is 0.794. The van der Waals surface area contributed by atoms with Crippen molar-refractivity contribution in [2.75, 3.05) is 19.8 Å². The van der Waals surface area contributed by atoms with E-state index in [0.717, 1.165) is 44.9 Å². The Hall–Kier alpha value is -2.05. The average molecular weight is 1380 g/mol. The zero-order valence-electron chi connectivity index (χ0n) is 62.6. The fourth-order valence-corrected chi connectivity index (χ4v) is 13.7. The van der Waals surface area contributed by atoms with Gasteiger partial charge in [-0.1, -0.05) is 351 Å². The number of amides is 1. The number of nitrogens with one attached hydrogen (secondary N) is 1. The van der Waals surface area contributed by atoms with E-state index >= 15 is 0 Å². The van der Waals surface area contributed by atoms with Crippen LogP contribution >= 0.6 is 0 Å². The van der Waals surface area contributed by atoms with Gasteiger partial charge < -0.3 is 65.1 Å². The van der Waals surface area contributed by atoms with Gasteiger partial charge in [0.2, 0.25) is 5.91 Å². The highest BCUT2D eigenvalue weighted by Crippen LogP contribution is 2.30. The van der Waals surface area contributed by atoms with Crippen molar-refractivity contribution in [3.8, 4) is 0 Å². The predicted molar refractivity (Wildman–Crippen MR) is 401 cm³/mol. The summed E-state index contributed by atoms with van der Waals surface area (Å²) in [4.78, 5) is 13.4. The summed E-state index contributed by atoms with van der Waals surface area (Å²) in [7, 11) is 0. The molecule has 12 unspecified atom stereocenters. The molecule has 14 nitrogen and oxygen atoms in total. The smallest absolute Gasteiger partial charge is 0.220 e. The van der Waals surface area contributed by atoms with E-state index in [9.17, 15) is 45.6 Å². The highest BCUT2D eigenvalue weighted by Gasteiger charge is 2.51. The van der Waals surface area contributed by atoms with Gasteiger partial charge in [-0.05, 0) is 70.6 Å². The maximum atomic E-state index is 13.4. The second-order valence-electron chi connectivity index (χ2n) is 29.2. The fourth-order valence-electron chi connectivity index (χ4n) is 13.7. The molecule has 1 amide bonds. The van der Waals surface area contributed by atoms with Crippen LogP contribution < -0.4 is 5.32 Å². The number of hydrogen-bond donors (Lipinski definition) is 9. The molecule has 9 N–H and O–H groups in total. The van der Waals surface area contributed by atoms with E-state index in [2.05, 4.69) is 55.6 Å². The van der Waals surface area contributed by atoms with Gasteiger partial charge in [-0.2, -0.15) is 0 Å². The molecule has 0 aliphatic carbocycles. The first-order valence-corrected chi connectivity index (χ1v) is 41.4. The van der Waals surface area contributed by atoms with Gasteiger partial charge in [0.25, 0.3) is 0 Å². The number of carbonyl (C=O) groups is 1. The first-order valence-electron chi connectivity index (χ1n) is 41.4. The largest absolute Gasteiger partial charge is 0.394 e. The normalized spacial score (nSPS) is 22.3. The van der Waals surface area contributed by atoms with Crippen molar-refractivity contribution in [3.63, 3.8) is 0 Å². The maximum absolute atomic E-state index is 13.4. The number of rotatable bonds is 70. The Bertz CT molecular complexity index is 1810. The molecule has 12 atom stereocenters. The molecular formula is C83H155NO13. The lowest BCUT2D eigenvalue weighted by atomic mass is 9.97. The Balaban J connectivity index is 1.63. The van der Waals surface area contributed by atoms with Crippen molar-refractivity contribution >= 4 is 5.91 Å². The molecule has 0 aromatic heterocycles. The molecule has 14 heteroatoms. The van der Waals surface area contributed by atoms with Crippen LogP contribution in [0.1, 0.15) is 380 Å². The van der Waals surface area contributed by atoms with Gasteiger partial charge in [0.1, 0.15) is 48.8 Å². The first-order chi connectivity index (χ1) is 47.6. The molecule has 0 bridgehead atoms. The molecule has 2 fully saturated rings. The zero-order valence-corrected chi connectivity index (χ0v) is 62.6. The van der Waals surface area contributed by atoms with E-state index in [1.807, 2.05) is 6.08 Å². The SMILES string of the molecule is CCCCCCCCCC/C=C\CCCCCCCCCCCCCCCCCCCCCC(=O)NC(COC1OC(CO)C(OC2OC(CO)C(O)C(O)C2O)C(O)C1O)C(O)/C=C/CC/C=C/CC/C=C/CCCCCCCCCCCCCCCCCCCCCCCC. The minimum Gasteiger partial charge on any atom is -0.394 e. The van der Waals surface area contributed by atoms with Crippen LogP contribution in [0.25, 0.3) is 0 Å². The Morgan fingerprint density at radius 1 is 0.361 bits per heavy atom. The van der Waals surface area contributed by atoms with Gasteiger partial charge in [-0.25, -0.2) is 0 Å². The number of unbranched alkanes of at least 4 members (excludes halogenated alkanes) is 51. The van der Waals surface area contributed by atoms with E-state index in [1.165, 1.54) is 302 Å². The van der Waals surface area contributed by atoms with Crippen molar-refractivity contribution in [1.82, 2.24) is 5.32 Å². The van der Waals surface area contributed by atoms with Crippen LogP contribution in [0.15, 0.2) is 48.6 Å². The van der Waals surface area contributed by atoms with Gasteiger partial charge in [-0.3, -0.25) is 4.79 Å². The van der Waals surface area contributed by atoms with Crippen LogP contribution in [0.4, 0.5) is 0 Å². The Labute approximate surface area is 594 Å². The second-order valence-corrected chi connectivity index (χ2v) is 29.2. The van der Waals surface area contributed by atoms with Gasteiger partial charge in [0.05, 0.1) is 32.0 Å².